The molecule has 0 aliphatic carbocycles. The number of methoxy groups -OCH3 is 1. The smallest absolute Gasteiger partial charge is 0.341 e. The third-order valence-electron chi connectivity index (χ3n) is 3.27. The monoisotopic (exact) mass is 354 g/mol. The molecule has 0 aliphatic rings. The fourth-order valence-electron chi connectivity index (χ4n) is 2.17. The topological polar surface area (TPSA) is 78.9 Å². The van der Waals surface area contributed by atoms with Crippen LogP contribution in [-0.2, 0) is 14.3 Å². The number of carbonyl (C=O) groups excluding carboxylic acids is 3. The third kappa shape index (κ3) is 5.31. The van der Waals surface area contributed by atoms with Crippen LogP contribution in [0.2, 0.25) is 0 Å². The lowest BCUT2D eigenvalue weighted by Gasteiger charge is -2.08. The number of ether oxygens (including phenoxy) is 3. The number of hydrogen-bond donors (Lipinski definition) is 0. The van der Waals surface area contributed by atoms with Crippen LogP contribution in [0, 0.1) is 0 Å². The van der Waals surface area contributed by atoms with E-state index in [1.54, 1.807) is 42.5 Å². The molecule has 2 rings (SSSR count). The van der Waals surface area contributed by atoms with E-state index in [-0.39, 0.29) is 17.3 Å². The van der Waals surface area contributed by atoms with Gasteiger partial charge in [0.15, 0.2) is 0 Å². The minimum Gasteiger partial charge on any atom is -0.465 e. The summed E-state index contributed by atoms with van der Waals surface area (Å²) in [7, 11) is 1.26. The Kier molecular flexibility index (Phi) is 6.27. The van der Waals surface area contributed by atoms with Crippen molar-refractivity contribution in [3.63, 3.8) is 0 Å². The Labute approximate surface area is 151 Å². The fraction of sp³-hybridized carbons (Fsp3) is 0.150. The maximum atomic E-state index is 11.9. The van der Waals surface area contributed by atoms with Crippen LogP contribution in [-0.4, -0.2) is 25.0 Å². The average Bonchev–Trinajstić information content (AvgIpc) is 2.60. The molecule has 0 N–H and O–H groups in total. The van der Waals surface area contributed by atoms with E-state index in [0.29, 0.717) is 5.75 Å². The molecule has 6 heteroatoms. The zero-order valence-corrected chi connectivity index (χ0v) is 14.6. The van der Waals surface area contributed by atoms with Gasteiger partial charge in [0, 0.05) is 13.8 Å². The molecule has 6 nitrogen and oxygen atoms in total. The molecule has 0 amide bonds. The lowest BCUT2D eigenvalue weighted by atomic mass is 10.1. The van der Waals surface area contributed by atoms with Crippen LogP contribution in [0.1, 0.15) is 35.3 Å². The summed E-state index contributed by atoms with van der Waals surface area (Å²) in [6, 6.07) is 11.8. The second-order valence-electron chi connectivity index (χ2n) is 5.34. The zero-order chi connectivity index (χ0) is 19.1. The summed E-state index contributed by atoms with van der Waals surface area (Å²) in [5.74, 6) is -0.884. The van der Waals surface area contributed by atoms with Gasteiger partial charge in [-0.25, -0.2) is 4.79 Å². The molecule has 0 fully saturated rings. The van der Waals surface area contributed by atoms with Gasteiger partial charge in [0.25, 0.3) is 0 Å². The summed E-state index contributed by atoms with van der Waals surface area (Å²) in [6.45, 7) is 2.60. The summed E-state index contributed by atoms with van der Waals surface area (Å²) in [5.41, 5.74) is 1.77. The van der Waals surface area contributed by atoms with E-state index in [4.69, 9.17) is 14.2 Å². The molecule has 0 radical (unpaired) electrons. The second kappa shape index (κ2) is 8.62. The minimum atomic E-state index is -0.595. The van der Waals surface area contributed by atoms with E-state index >= 15 is 0 Å². The van der Waals surface area contributed by atoms with Gasteiger partial charge < -0.3 is 14.2 Å². The fourth-order valence-corrected chi connectivity index (χ4v) is 2.17. The molecule has 0 spiro atoms. The van der Waals surface area contributed by atoms with Crippen molar-refractivity contribution in [1.82, 2.24) is 0 Å². The normalized spacial score (nSPS) is 10.4. The molecule has 0 saturated carbocycles. The molecular weight excluding hydrogens is 336 g/mol. The first kappa shape index (κ1) is 18.9. The quantitative estimate of drug-likeness (QED) is 0.465. The number of rotatable bonds is 5. The predicted molar refractivity (Wildman–Crippen MR) is 95.8 cm³/mol. The first-order valence-electron chi connectivity index (χ1n) is 7.76. The Morgan fingerprint density at radius 1 is 0.808 bits per heavy atom. The van der Waals surface area contributed by atoms with E-state index in [2.05, 4.69) is 0 Å². The first-order chi connectivity index (χ1) is 12.4. The molecule has 2 aromatic rings. The van der Waals surface area contributed by atoms with Gasteiger partial charge in [-0.1, -0.05) is 30.4 Å². The number of benzene rings is 2. The highest BCUT2D eigenvalue weighted by Gasteiger charge is 2.15. The Morgan fingerprint density at radius 2 is 1.38 bits per heavy atom. The van der Waals surface area contributed by atoms with Crippen LogP contribution < -0.4 is 9.47 Å². The summed E-state index contributed by atoms with van der Waals surface area (Å²) >= 11 is 0. The van der Waals surface area contributed by atoms with E-state index in [0.717, 1.165) is 11.1 Å². The van der Waals surface area contributed by atoms with Gasteiger partial charge in [0.05, 0.1) is 7.11 Å². The van der Waals surface area contributed by atoms with Crippen LogP contribution in [0.4, 0.5) is 0 Å². The SMILES string of the molecule is COC(=O)c1cc(/C=C/c2ccc(OC(C)=O)cc2)ccc1OC(C)=O. The molecule has 0 atom stereocenters. The Hall–Kier alpha value is -3.41. The van der Waals surface area contributed by atoms with E-state index in [9.17, 15) is 14.4 Å². The van der Waals surface area contributed by atoms with Gasteiger partial charge in [-0.15, -0.1) is 0 Å². The molecule has 26 heavy (non-hydrogen) atoms. The molecule has 0 heterocycles. The largest absolute Gasteiger partial charge is 0.465 e. The van der Waals surface area contributed by atoms with Crippen molar-refractivity contribution in [1.29, 1.82) is 0 Å². The van der Waals surface area contributed by atoms with Gasteiger partial charge >= 0.3 is 17.9 Å². The molecular formula is C20H18O6. The third-order valence-corrected chi connectivity index (χ3v) is 3.27. The Bertz CT molecular complexity index is 849. The van der Waals surface area contributed by atoms with E-state index in [1.165, 1.54) is 27.0 Å². The number of esters is 3. The summed E-state index contributed by atoms with van der Waals surface area (Å²) in [6.07, 6.45) is 3.63. The lowest BCUT2D eigenvalue weighted by molar-refractivity contribution is -0.132. The van der Waals surface area contributed by atoms with Crippen molar-refractivity contribution >= 4 is 30.1 Å². The zero-order valence-electron chi connectivity index (χ0n) is 14.6. The van der Waals surface area contributed by atoms with E-state index < -0.39 is 11.9 Å². The van der Waals surface area contributed by atoms with Crippen LogP contribution in [0.3, 0.4) is 0 Å². The molecule has 134 valence electrons. The Balaban J connectivity index is 2.22. The van der Waals surface area contributed by atoms with Crippen LogP contribution in [0.5, 0.6) is 11.5 Å². The van der Waals surface area contributed by atoms with Crippen molar-refractivity contribution in [3.05, 3.63) is 59.2 Å². The second-order valence-corrected chi connectivity index (χ2v) is 5.34. The van der Waals surface area contributed by atoms with E-state index in [1.807, 2.05) is 6.08 Å². The van der Waals surface area contributed by atoms with Crippen LogP contribution in [0.15, 0.2) is 42.5 Å². The van der Waals surface area contributed by atoms with Gasteiger partial charge in [-0.3, -0.25) is 9.59 Å². The molecule has 2 aromatic carbocycles. The minimum absolute atomic E-state index is 0.146. The van der Waals surface area contributed by atoms with Gasteiger partial charge in [-0.05, 0) is 35.4 Å². The van der Waals surface area contributed by atoms with Crippen molar-refractivity contribution in [2.45, 2.75) is 13.8 Å². The highest BCUT2D eigenvalue weighted by atomic mass is 16.5. The number of hydrogen-bond acceptors (Lipinski definition) is 6. The Morgan fingerprint density at radius 3 is 1.96 bits per heavy atom. The van der Waals surface area contributed by atoms with Crippen molar-refractivity contribution < 1.29 is 28.6 Å². The van der Waals surface area contributed by atoms with Crippen molar-refractivity contribution in [2.24, 2.45) is 0 Å². The molecule has 0 saturated heterocycles. The summed E-state index contributed by atoms with van der Waals surface area (Å²) in [5, 5.41) is 0. The molecule has 0 unspecified atom stereocenters. The maximum absolute atomic E-state index is 11.9. The average molecular weight is 354 g/mol. The van der Waals surface area contributed by atoms with Crippen molar-refractivity contribution in [3.8, 4) is 11.5 Å². The van der Waals surface area contributed by atoms with Crippen LogP contribution >= 0.6 is 0 Å². The summed E-state index contributed by atoms with van der Waals surface area (Å²) < 4.78 is 14.7. The first-order valence-corrected chi connectivity index (χ1v) is 7.76. The highest BCUT2D eigenvalue weighted by molar-refractivity contribution is 5.94. The molecule has 0 aromatic heterocycles. The molecule has 0 bridgehead atoms. The number of carbonyl (C=O) groups is 3. The standard InChI is InChI=1S/C20H18O6/c1-13(21)25-17-9-6-15(7-10-17)4-5-16-8-11-19(26-14(2)22)18(12-16)20(23)24-3/h4-12H,1-3H3/b5-4+. The maximum Gasteiger partial charge on any atom is 0.341 e. The lowest BCUT2D eigenvalue weighted by Crippen LogP contribution is -2.09. The van der Waals surface area contributed by atoms with Gasteiger partial charge in [0.2, 0.25) is 0 Å². The highest BCUT2D eigenvalue weighted by Crippen LogP contribution is 2.23. The molecule has 0 aliphatic heterocycles. The predicted octanol–water partition coefficient (Wildman–Crippen LogP) is 3.49. The van der Waals surface area contributed by atoms with Gasteiger partial charge in [0.1, 0.15) is 17.1 Å². The summed E-state index contributed by atoms with van der Waals surface area (Å²) in [4.78, 5) is 33.9. The van der Waals surface area contributed by atoms with Gasteiger partial charge in [-0.2, -0.15) is 0 Å². The van der Waals surface area contributed by atoms with Crippen molar-refractivity contribution in [2.75, 3.05) is 7.11 Å². The van der Waals surface area contributed by atoms with Crippen LogP contribution in [0.25, 0.3) is 12.2 Å².